The van der Waals surface area contributed by atoms with Gasteiger partial charge in [0.2, 0.25) is 0 Å². The van der Waals surface area contributed by atoms with E-state index in [9.17, 15) is 4.79 Å². The maximum absolute atomic E-state index is 12.6. The molecule has 1 N–H and O–H groups in total. The summed E-state index contributed by atoms with van der Waals surface area (Å²) in [5.74, 6) is 0.721. The number of carbonyl (C=O) groups excluding carboxylic acids is 1. The molecule has 1 amide bonds. The van der Waals surface area contributed by atoms with Crippen LogP contribution in [0, 0.1) is 12.3 Å². The number of nitrogens with one attached hydrogen (secondary N) is 1. The fourth-order valence-corrected chi connectivity index (χ4v) is 4.46. The Morgan fingerprint density at radius 1 is 1.10 bits per heavy atom. The highest BCUT2D eigenvalue weighted by Crippen LogP contribution is 2.37. The van der Waals surface area contributed by atoms with Gasteiger partial charge in [0.1, 0.15) is 17.4 Å². The third kappa shape index (κ3) is 3.54. The number of fused-ring (bicyclic) bond motifs is 1. The van der Waals surface area contributed by atoms with Crippen LogP contribution in [0.4, 0.5) is 0 Å². The van der Waals surface area contributed by atoms with E-state index in [1.165, 1.54) is 11.8 Å². The van der Waals surface area contributed by atoms with E-state index in [1.807, 2.05) is 66.9 Å². The molecule has 152 valence electrons. The second kappa shape index (κ2) is 7.72. The number of aliphatic imine (C=N–C) groups is 1. The lowest BCUT2D eigenvalue weighted by Gasteiger charge is -2.26. The van der Waals surface area contributed by atoms with Crippen LogP contribution in [0.15, 0.2) is 81.1 Å². The first kappa shape index (κ1) is 19.6. The third-order valence-electron chi connectivity index (χ3n) is 5.05. The van der Waals surface area contributed by atoms with E-state index < -0.39 is 5.91 Å². The summed E-state index contributed by atoms with van der Waals surface area (Å²) in [6, 6.07) is 19.0. The lowest BCUT2D eigenvalue weighted by Crippen LogP contribution is -2.37. The van der Waals surface area contributed by atoms with Gasteiger partial charge in [-0.15, -0.1) is 0 Å². The SMILES string of the molecule is Cc1ccc(-c2ccc(C=C3C(=N)N4C(c5ccccc5)=CSC4=NC3=O)o2)cc1Cl. The molecular formula is C24H16ClN3O2S. The van der Waals surface area contributed by atoms with Gasteiger partial charge in [-0.05, 0) is 42.3 Å². The largest absolute Gasteiger partial charge is 0.457 e. The molecule has 0 atom stereocenters. The molecule has 0 saturated carbocycles. The molecule has 2 aliphatic rings. The molecule has 0 saturated heterocycles. The van der Waals surface area contributed by atoms with Crippen LogP contribution in [0.5, 0.6) is 0 Å². The van der Waals surface area contributed by atoms with Crippen molar-refractivity contribution in [3.8, 4) is 11.3 Å². The minimum Gasteiger partial charge on any atom is -0.457 e. The minimum atomic E-state index is -0.456. The first-order chi connectivity index (χ1) is 15.0. The number of hydrogen-bond donors (Lipinski definition) is 1. The summed E-state index contributed by atoms with van der Waals surface area (Å²) >= 11 is 7.56. The van der Waals surface area contributed by atoms with Crippen molar-refractivity contribution < 1.29 is 9.21 Å². The topological polar surface area (TPSA) is 69.7 Å². The Kier molecular flexibility index (Phi) is 4.88. The number of carbonyl (C=O) groups is 1. The number of furan rings is 1. The van der Waals surface area contributed by atoms with Gasteiger partial charge in [0.15, 0.2) is 5.17 Å². The fraction of sp³-hybridized carbons (Fsp3) is 0.0417. The van der Waals surface area contributed by atoms with Crippen LogP contribution in [0.2, 0.25) is 5.02 Å². The molecule has 5 nitrogen and oxygen atoms in total. The van der Waals surface area contributed by atoms with Crippen LogP contribution >= 0.6 is 23.4 Å². The smallest absolute Gasteiger partial charge is 0.283 e. The standard InChI is InChI=1S/C24H16ClN3O2S/c1-14-7-8-16(11-19(14)25)21-10-9-17(30-21)12-18-22(26)28-20(15-5-3-2-4-6-15)13-31-24(28)27-23(18)29/h2-13,26H,1H3. The van der Waals surface area contributed by atoms with Gasteiger partial charge in [-0.25, -0.2) is 0 Å². The zero-order chi connectivity index (χ0) is 21.5. The van der Waals surface area contributed by atoms with Crippen LogP contribution < -0.4 is 0 Å². The monoisotopic (exact) mass is 445 g/mol. The van der Waals surface area contributed by atoms with E-state index in [4.69, 9.17) is 21.4 Å². The predicted octanol–water partition coefficient (Wildman–Crippen LogP) is 6.21. The predicted molar refractivity (Wildman–Crippen MR) is 126 cm³/mol. The second-order valence-corrected chi connectivity index (χ2v) is 8.34. The van der Waals surface area contributed by atoms with Crippen molar-refractivity contribution in [1.82, 2.24) is 4.90 Å². The quantitative estimate of drug-likeness (QED) is 0.486. The Morgan fingerprint density at radius 3 is 2.68 bits per heavy atom. The van der Waals surface area contributed by atoms with Crippen molar-refractivity contribution in [2.75, 3.05) is 0 Å². The Labute approximate surface area is 188 Å². The number of hydrogen-bond acceptors (Lipinski definition) is 4. The molecule has 0 unspecified atom stereocenters. The average Bonchev–Trinajstić information content (AvgIpc) is 3.41. The van der Waals surface area contributed by atoms with Gasteiger partial charge >= 0.3 is 0 Å². The van der Waals surface area contributed by atoms with E-state index in [0.717, 1.165) is 22.4 Å². The van der Waals surface area contributed by atoms with Gasteiger partial charge in [-0.2, -0.15) is 4.99 Å². The maximum atomic E-state index is 12.6. The van der Waals surface area contributed by atoms with Gasteiger partial charge < -0.3 is 4.42 Å². The zero-order valence-corrected chi connectivity index (χ0v) is 18.0. The van der Waals surface area contributed by atoms with Crippen molar-refractivity contribution in [1.29, 1.82) is 5.41 Å². The maximum Gasteiger partial charge on any atom is 0.283 e. The number of aryl methyl sites for hydroxylation is 1. The Morgan fingerprint density at radius 2 is 1.90 bits per heavy atom. The summed E-state index contributed by atoms with van der Waals surface area (Å²) in [7, 11) is 0. The Bertz CT molecular complexity index is 1320. The molecule has 0 aliphatic carbocycles. The number of thioether (sulfide) groups is 1. The molecule has 5 rings (SSSR count). The number of halogens is 1. The van der Waals surface area contributed by atoms with E-state index >= 15 is 0 Å². The molecule has 1 aromatic heterocycles. The summed E-state index contributed by atoms with van der Waals surface area (Å²) in [6.45, 7) is 1.94. The van der Waals surface area contributed by atoms with Gasteiger partial charge in [0.05, 0.1) is 11.3 Å². The lowest BCUT2D eigenvalue weighted by molar-refractivity contribution is -0.114. The molecule has 0 radical (unpaired) electrons. The van der Waals surface area contributed by atoms with Crippen LogP contribution in [0.25, 0.3) is 23.1 Å². The van der Waals surface area contributed by atoms with Gasteiger partial charge in [-0.3, -0.25) is 15.1 Å². The molecule has 2 aromatic carbocycles. The van der Waals surface area contributed by atoms with Crippen molar-refractivity contribution in [3.63, 3.8) is 0 Å². The number of benzene rings is 2. The molecule has 7 heteroatoms. The lowest BCUT2D eigenvalue weighted by atomic mass is 10.1. The normalized spacial score (nSPS) is 17.1. The zero-order valence-electron chi connectivity index (χ0n) is 16.4. The van der Waals surface area contributed by atoms with Gasteiger partial charge in [-0.1, -0.05) is 65.8 Å². The number of amides is 1. The minimum absolute atomic E-state index is 0.0754. The summed E-state index contributed by atoms with van der Waals surface area (Å²) in [5, 5.41) is 11.8. The van der Waals surface area contributed by atoms with Crippen molar-refractivity contribution in [3.05, 3.63) is 93.6 Å². The molecule has 3 aromatic rings. The molecule has 31 heavy (non-hydrogen) atoms. The highest BCUT2D eigenvalue weighted by molar-refractivity contribution is 8.17. The van der Waals surface area contributed by atoms with Gasteiger partial charge in [0.25, 0.3) is 5.91 Å². The van der Waals surface area contributed by atoms with Crippen LogP contribution in [0.3, 0.4) is 0 Å². The highest BCUT2D eigenvalue weighted by Gasteiger charge is 2.36. The first-order valence-corrected chi connectivity index (χ1v) is 10.8. The average molecular weight is 446 g/mol. The summed E-state index contributed by atoms with van der Waals surface area (Å²) in [4.78, 5) is 18.5. The number of amidine groups is 2. The van der Waals surface area contributed by atoms with Crippen molar-refractivity contribution in [2.24, 2.45) is 4.99 Å². The summed E-state index contributed by atoms with van der Waals surface area (Å²) in [5.41, 5.74) is 3.78. The van der Waals surface area contributed by atoms with E-state index in [1.54, 1.807) is 17.0 Å². The fourth-order valence-electron chi connectivity index (χ4n) is 3.39. The molecule has 0 spiro atoms. The van der Waals surface area contributed by atoms with Gasteiger partial charge in [0, 0.05) is 16.0 Å². The van der Waals surface area contributed by atoms with Crippen molar-refractivity contribution >= 4 is 52.0 Å². The molecule has 3 heterocycles. The molecule has 2 aliphatic heterocycles. The van der Waals surface area contributed by atoms with Crippen molar-refractivity contribution in [2.45, 2.75) is 6.92 Å². The van der Waals surface area contributed by atoms with Crippen LogP contribution in [0.1, 0.15) is 16.9 Å². The third-order valence-corrected chi connectivity index (χ3v) is 6.29. The van der Waals surface area contributed by atoms with E-state index in [0.29, 0.717) is 21.7 Å². The molecule has 0 fully saturated rings. The highest BCUT2D eigenvalue weighted by atomic mass is 35.5. The van der Waals surface area contributed by atoms with E-state index in [-0.39, 0.29) is 11.4 Å². The summed E-state index contributed by atoms with van der Waals surface area (Å²) < 4.78 is 5.92. The van der Waals surface area contributed by atoms with Crippen LogP contribution in [-0.2, 0) is 4.79 Å². The Hall–Kier alpha value is -3.35. The molecule has 0 bridgehead atoms. The van der Waals surface area contributed by atoms with Crippen LogP contribution in [-0.4, -0.2) is 21.8 Å². The first-order valence-electron chi connectivity index (χ1n) is 9.53. The number of rotatable bonds is 3. The second-order valence-electron chi connectivity index (χ2n) is 7.09. The summed E-state index contributed by atoms with van der Waals surface area (Å²) in [6.07, 6.45) is 1.57. The Balaban J connectivity index is 1.48. The molecular weight excluding hydrogens is 430 g/mol. The number of nitrogens with zero attached hydrogens (tertiary/aromatic N) is 2. The van der Waals surface area contributed by atoms with E-state index in [2.05, 4.69) is 4.99 Å².